The first kappa shape index (κ1) is 15.3. The molecule has 0 N–H and O–H groups in total. The zero-order valence-electron chi connectivity index (χ0n) is 13.4. The number of rotatable bonds is 4. The Morgan fingerprint density at radius 2 is 2.13 bits per heavy atom. The van der Waals surface area contributed by atoms with E-state index in [0.29, 0.717) is 31.2 Å². The van der Waals surface area contributed by atoms with Crippen molar-refractivity contribution in [3.8, 4) is 5.75 Å². The van der Waals surface area contributed by atoms with Crippen molar-refractivity contribution in [2.45, 2.75) is 20.3 Å². The summed E-state index contributed by atoms with van der Waals surface area (Å²) in [6.07, 6.45) is 2.93. The highest BCUT2D eigenvalue weighted by Gasteiger charge is 2.21. The Bertz CT molecular complexity index is 716. The molecule has 0 radical (unpaired) electrons. The summed E-state index contributed by atoms with van der Waals surface area (Å²) in [4.78, 5) is 14.1. The Hall–Kier alpha value is -2.56. The summed E-state index contributed by atoms with van der Waals surface area (Å²) in [6, 6.07) is 9.77. The van der Waals surface area contributed by atoms with Crippen LogP contribution in [0.3, 0.4) is 0 Å². The highest BCUT2D eigenvalue weighted by molar-refractivity contribution is 5.92. The van der Waals surface area contributed by atoms with Gasteiger partial charge in [0.2, 0.25) is 0 Å². The van der Waals surface area contributed by atoms with Crippen LogP contribution in [-0.2, 0) is 0 Å². The summed E-state index contributed by atoms with van der Waals surface area (Å²) in [5.41, 5.74) is 2.81. The molecule has 5 nitrogen and oxygen atoms in total. The van der Waals surface area contributed by atoms with E-state index in [0.717, 1.165) is 12.2 Å². The number of carbonyl (C=O) groups is 1. The number of benzene rings is 1. The molecule has 0 spiro atoms. The van der Waals surface area contributed by atoms with Gasteiger partial charge in [0.1, 0.15) is 11.5 Å². The van der Waals surface area contributed by atoms with Crippen molar-refractivity contribution in [3.05, 3.63) is 53.4 Å². The second kappa shape index (κ2) is 6.69. The van der Waals surface area contributed by atoms with Gasteiger partial charge < -0.3 is 14.2 Å². The molecule has 0 bridgehead atoms. The van der Waals surface area contributed by atoms with Crippen molar-refractivity contribution in [3.63, 3.8) is 0 Å². The molecule has 0 atom stereocenters. The molecular weight excluding hydrogens is 292 g/mol. The number of ether oxygens (including phenoxy) is 1. The monoisotopic (exact) mass is 312 g/mol. The van der Waals surface area contributed by atoms with E-state index >= 15 is 0 Å². The molecule has 0 unspecified atom stereocenters. The molecule has 1 aliphatic heterocycles. The Labute approximate surface area is 135 Å². The predicted octanol–water partition coefficient (Wildman–Crippen LogP) is 3.31. The molecule has 23 heavy (non-hydrogen) atoms. The fourth-order valence-electron chi connectivity index (χ4n) is 2.68. The number of carbonyl (C=O) groups excluding carboxylic acids is 1. The third-order valence-electron chi connectivity index (χ3n) is 3.88. The minimum absolute atomic E-state index is 0.0798. The second-order valence-corrected chi connectivity index (χ2v) is 5.51. The number of hydrogen-bond acceptors (Lipinski definition) is 4. The highest BCUT2D eigenvalue weighted by Crippen LogP contribution is 2.25. The maximum absolute atomic E-state index is 12.3. The van der Waals surface area contributed by atoms with Crippen molar-refractivity contribution in [2.75, 3.05) is 19.7 Å². The topological polar surface area (TPSA) is 55.6 Å². The van der Waals surface area contributed by atoms with Gasteiger partial charge in [-0.3, -0.25) is 4.79 Å². The van der Waals surface area contributed by atoms with Crippen molar-refractivity contribution in [2.24, 2.45) is 0 Å². The Morgan fingerprint density at radius 3 is 2.70 bits per heavy atom. The fourth-order valence-corrected chi connectivity index (χ4v) is 2.68. The minimum Gasteiger partial charge on any atom is -0.494 e. The maximum atomic E-state index is 12.3. The quantitative estimate of drug-likeness (QED) is 0.869. The molecule has 120 valence electrons. The third kappa shape index (κ3) is 3.44. The van der Waals surface area contributed by atoms with E-state index in [4.69, 9.17) is 9.26 Å². The van der Waals surface area contributed by atoms with Crippen LogP contribution in [0.2, 0.25) is 0 Å². The summed E-state index contributed by atoms with van der Waals surface area (Å²) in [5.74, 6) is 1.45. The Morgan fingerprint density at radius 1 is 1.35 bits per heavy atom. The molecule has 0 saturated carbocycles. The average molecular weight is 312 g/mol. The number of amides is 1. The molecule has 3 rings (SSSR count). The van der Waals surface area contributed by atoms with Gasteiger partial charge >= 0.3 is 0 Å². The summed E-state index contributed by atoms with van der Waals surface area (Å²) in [5, 5.41) is 3.79. The molecule has 1 amide bonds. The van der Waals surface area contributed by atoms with E-state index in [1.807, 2.05) is 19.1 Å². The van der Waals surface area contributed by atoms with Crippen LogP contribution in [-0.4, -0.2) is 35.7 Å². The fraction of sp³-hybridized carbons (Fsp3) is 0.333. The Kier molecular flexibility index (Phi) is 4.46. The lowest BCUT2D eigenvalue weighted by atomic mass is 9.99. The molecule has 1 aromatic carbocycles. The minimum atomic E-state index is -0.0798. The van der Waals surface area contributed by atoms with Crippen molar-refractivity contribution < 1.29 is 14.1 Å². The van der Waals surface area contributed by atoms with Crippen LogP contribution in [0.4, 0.5) is 0 Å². The summed E-state index contributed by atoms with van der Waals surface area (Å²) in [7, 11) is 0. The van der Waals surface area contributed by atoms with Crippen LogP contribution in [0.15, 0.2) is 40.9 Å². The van der Waals surface area contributed by atoms with Gasteiger partial charge in [0.05, 0.1) is 6.61 Å². The zero-order valence-corrected chi connectivity index (χ0v) is 13.4. The van der Waals surface area contributed by atoms with Crippen LogP contribution >= 0.6 is 0 Å². The van der Waals surface area contributed by atoms with Crippen LogP contribution in [0.5, 0.6) is 5.75 Å². The van der Waals surface area contributed by atoms with Gasteiger partial charge in [-0.05, 0) is 43.5 Å². The van der Waals surface area contributed by atoms with Crippen LogP contribution in [0.25, 0.3) is 5.57 Å². The van der Waals surface area contributed by atoms with Gasteiger partial charge in [0.15, 0.2) is 5.69 Å². The first-order chi connectivity index (χ1) is 11.2. The van der Waals surface area contributed by atoms with E-state index in [1.54, 1.807) is 17.9 Å². The number of nitrogens with zero attached hydrogens (tertiary/aromatic N) is 2. The molecule has 2 aromatic rings. The van der Waals surface area contributed by atoms with Gasteiger partial charge in [-0.1, -0.05) is 23.4 Å². The van der Waals surface area contributed by atoms with Gasteiger partial charge in [0.25, 0.3) is 5.91 Å². The summed E-state index contributed by atoms with van der Waals surface area (Å²) >= 11 is 0. The van der Waals surface area contributed by atoms with Gasteiger partial charge in [-0.25, -0.2) is 0 Å². The van der Waals surface area contributed by atoms with Gasteiger partial charge in [0, 0.05) is 19.2 Å². The predicted molar refractivity (Wildman–Crippen MR) is 87.3 cm³/mol. The SMILES string of the molecule is CCOc1ccc(C2=CCN(C(=O)c3cc(C)on3)CC2)cc1. The molecule has 0 saturated heterocycles. The van der Waals surface area contributed by atoms with E-state index in [1.165, 1.54) is 11.1 Å². The lowest BCUT2D eigenvalue weighted by Gasteiger charge is -2.26. The Balaban J connectivity index is 1.67. The molecular formula is C18H20N2O3. The highest BCUT2D eigenvalue weighted by atomic mass is 16.5. The van der Waals surface area contributed by atoms with E-state index in [2.05, 4.69) is 23.4 Å². The molecule has 2 heterocycles. The number of aromatic nitrogens is 1. The smallest absolute Gasteiger partial charge is 0.276 e. The zero-order chi connectivity index (χ0) is 16.2. The third-order valence-corrected chi connectivity index (χ3v) is 3.88. The van der Waals surface area contributed by atoms with Crippen molar-refractivity contribution in [1.82, 2.24) is 10.1 Å². The normalized spacial score (nSPS) is 14.5. The van der Waals surface area contributed by atoms with Gasteiger partial charge in [-0.15, -0.1) is 0 Å². The van der Waals surface area contributed by atoms with Crippen LogP contribution < -0.4 is 4.74 Å². The molecule has 0 fully saturated rings. The second-order valence-electron chi connectivity index (χ2n) is 5.51. The molecule has 0 aliphatic carbocycles. The van der Waals surface area contributed by atoms with E-state index < -0.39 is 0 Å². The van der Waals surface area contributed by atoms with Crippen LogP contribution in [0, 0.1) is 6.92 Å². The van der Waals surface area contributed by atoms with Crippen molar-refractivity contribution in [1.29, 1.82) is 0 Å². The lowest BCUT2D eigenvalue weighted by Crippen LogP contribution is -2.34. The van der Waals surface area contributed by atoms with E-state index in [9.17, 15) is 4.79 Å². The van der Waals surface area contributed by atoms with Gasteiger partial charge in [-0.2, -0.15) is 0 Å². The number of aryl methyl sites for hydroxylation is 1. The van der Waals surface area contributed by atoms with E-state index in [-0.39, 0.29) is 5.91 Å². The largest absolute Gasteiger partial charge is 0.494 e. The van der Waals surface area contributed by atoms with Crippen molar-refractivity contribution >= 4 is 11.5 Å². The first-order valence-electron chi connectivity index (χ1n) is 7.82. The summed E-state index contributed by atoms with van der Waals surface area (Å²) in [6.45, 7) is 5.70. The average Bonchev–Trinajstić information content (AvgIpc) is 3.02. The number of hydrogen-bond donors (Lipinski definition) is 0. The first-order valence-corrected chi connectivity index (χ1v) is 7.82. The molecule has 1 aromatic heterocycles. The maximum Gasteiger partial charge on any atom is 0.276 e. The van der Waals surface area contributed by atoms with Crippen LogP contribution in [0.1, 0.15) is 35.2 Å². The lowest BCUT2D eigenvalue weighted by molar-refractivity contribution is 0.0762. The standard InChI is InChI=1S/C18H20N2O3/c1-3-22-16-6-4-14(5-7-16)15-8-10-20(11-9-15)18(21)17-12-13(2)23-19-17/h4-8,12H,3,9-11H2,1-2H3. The molecule has 5 heteroatoms. The molecule has 1 aliphatic rings. The summed E-state index contributed by atoms with van der Waals surface area (Å²) < 4.78 is 10.4.